The average Bonchev–Trinajstić information content (AvgIpc) is 2.74. The first-order valence-corrected chi connectivity index (χ1v) is 6.88. The molecule has 0 aliphatic heterocycles. The quantitative estimate of drug-likeness (QED) is 0.634. The third-order valence-corrected chi connectivity index (χ3v) is 6.15. The molecule has 3 aliphatic carbocycles. The van der Waals surface area contributed by atoms with Gasteiger partial charge >= 0.3 is 0 Å². The maximum Gasteiger partial charge on any atom is 0.0759 e. The van der Waals surface area contributed by atoms with Gasteiger partial charge in [-0.15, -0.1) is 0 Å². The van der Waals surface area contributed by atoms with Crippen molar-refractivity contribution in [3.05, 3.63) is 11.6 Å². The molecule has 0 heterocycles. The highest BCUT2D eigenvalue weighted by molar-refractivity contribution is 5.35. The van der Waals surface area contributed by atoms with E-state index in [1.165, 1.54) is 0 Å². The van der Waals surface area contributed by atoms with Crippen LogP contribution in [0.1, 0.15) is 40.5 Å². The SMILES string of the molecule is C[C@@H]1C[C@@H](O)C=C2[C@@H](O)C[C@@H]3[C@@H](C3(C)C)[C@]21C. The Morgan fingerprint density at radius 2 is 1.82 bits per heavy atom. The van der Waals surface area contributed by atoms with Gasteiger partial charge in [0.15, 0.2) is 0 Å². The van der Waals surface area contributed by atoms with Crippen molar-refractivity contribution in [1.82, 2.24) is 0 Å². The van der Waals surface area contributed by atoms with E-state index in [1.807, 2.05) is 6.08 Å². The molecule has 2 nitrogen and oxygen atoms in total. The van der Waals surface area contributed by atoms with Crippen LogP contribution in [0.15, 0.2) is 11.6 Å². The predicted molar refractivity (Wildman–Crippen MR) is 67.4 cm³/mol. The fraction of sp³-hybridized carbons (Fsp3) is 0.867. The van der Waals surface area contributed by atoms with Gasteiger partial charge in [0.05, 0.1) is 12.2 Å². The average molecular weight is 236 g/mol. The van der Waals surface area contributed by atoms with Crippen LogP contribution in [0, 0.1) is 28.6 Å². The zero-order valence-corrected chi connectivity index (χ0v) is 11.3. The summed E-state index contributed by atoms with van der Waals surface area (Å²) in [4.78, 5) is 0. The molecule has 0 aromatic carbocycles. The van der Waals surface area contributed by atoms with Crippen LogP contribution in [0.25, 0.3) is 0 Å². The van der Waals surface area contributed by atoms with Crippen LogP contribution < -0.4 is 0 Å². The van der Waals surface area contributed by atoms with Gasteiger partial charge in [-0.3, -0.25) is 0 Å². The maximum atomic E-state index is 10.4. The van der Waals surface area contributed by atoms with E-state index in [1.54, 1.807) is 0 Å². The van der Waals surface area contributed by atoms with E-state index < -0.39 is 0 Å². The monoisotopic (exact) mass is 236 g/mol. The molecule has 0 unspecified atom stereocenters. The first kappa shape index (κ1) is 11.7. The number of aliphatic hydroxyl groups excluding tert-OH is 2. The number of fused-ring (bicyclic) bond motifs is 3. The number of aliphatic hydroxyl groups is 2. The topological polar surface area (TPSA) is 40.5 Å². The summed E-state index contributed by atoms with van der Waals surface area (Å²) in [7, 11) is 0. The van der Waals surface area contributed by atoms with E-state index in [0.29, 0.717) is 23.2 Å². The largest absolute Gasteiger partial charge is 0.389 e. The van der Waals surface area contributed by atoms with Crippen LogP contribution in [0.4, 0.5) is 0 Å². The summed E-state index contributed by atoms with van der Waals surface area (Å²) in [5, 5.41) is 20.2. The number of hydrogen-bond donors (Lipinski definition) is 2. The third kappa shape index (κ3) is 1.29. The van der Waals surface area contributed by atoms with Crippen LogP contribution in [-0.2, 0) is 0 Å². The maximum absolute atomic E-state index is 10.4. The molecule has 96 valence electrons. The molecule has 2 heteroatoms. The Bertz CT molecular complexity index is 384. The van der Waals surface area contributed by atoms with Crippen molar-refractivity contribution in [3.8, 4) is 0 Å². The van der Waals surface area contributed by atoms with Crippen LogP contribution in [-0.4, -0.2) is 22.4 Å². The summed E-state index contributed by atoms with van der Waals surface area (Å²) in [5.41, 5.74) is 1.59. The van der Waals surface area contributed by atoms with Gasteiger partial charge in [0.2, 0.25) is 0 Å². The van der Waals surface area contributed by atoms with Crippen LogP contribution in [0.5, 0.6) is 0 Å². The molecule has 0 saturated heterocycles. The highest BCUT2D eigenvalue weighted by atomic mass is 16.3. The fourth-order valence-corrected chi connectivity index (χ4v) is 5.04. The molecular weight excluding hydrogens is 212 g/mol. The Balaban J connectivity index is 2.08. The number of hydrogen-bond acceptors (Lipinski definition) is 2. The molecule has 3 rings (SSSR count). The smallest absolute Gasteiger partial charge is 0.0759 e. The fourth-order valence-electron chi connectivity index (χ4n) is 5.04. The second-order valence-corrected chi connectivity index (χ2v) is 7.27. The Morgan fingerprint density at radius 1 is 1.18 bits per heavy atom. The molecule has 6 atom stereocenters. The van der Waals surface area contributed by atoms with Gasteiger partial charge in [0.1, 0.15) is 0 Å². The van der Waals surface area contributed by atoms with Crippen LogP contribution >= 0.6 is 0 Å². The summed E-state index contributed by atoms with van der Waals surface area (Å²) in [6, 6.07) is 0. The Morgan fingerprint density at radius 3 is 2.47 bits per heavy atom. The minimum Gasteiger partial charge on any atom is -0.389 e. The van der Waals surface area contributed by atoms with Gasteiger partial charge in [0, 0.05) is 0 Å². The van der Waals surface area contributed by atoms with E-state index in [0.717, 1.165) is 18.4 Å². The lowest BCUT2D eigenvalue weighted by Crippen LogP contribution is -2.44. The third-order valence-electron chi connectivity index (χ3n) is 6.15. The van der Waals surface area contributed by atoms with Crippen molar-refractivity contribution in [2.24, 2.45) is 28.6 Å². The summed E-state index contributed by atoms with van der Waals surface area (Å²) >= 11 is 0. The second-order valence-electron chi connectivity index (χ2n) is 7.27. The summed E-state index contributed by atoms with van der Waals surface area (Å²) in [6.07, 6.45) is 2.97. The number of rotatable bonds is 0. The molecule has 0 aromatic rings. The van der Waals surface area contributed by atoms with E-state index >= 15 is 0 Å². The van der Waals surface area contributed by atoms with Gasteiger partial charge in [-0.25, -0.2) is 0 Å². The summed E-state index contributed by atoms with van der Waals surface area (Å²) < 4.78 is 0. The van der Waals surface area contributed by atoms with Crippen molar-refractivity contribution in [3.63, 3.8) is 0 Å². The first-order valence-electron chi connectivity index (χ1n) is 6.88. The highest BCUT2D eigenvalue weighted by Crippen LogP contribution is 2.74. The van der Waals surface area contributed by atoms with Gasteiger partial charge in [-0.2, -0.15) is 0 Å². The van der Waals surface area contributed by atoms with Gasteiger partial charge in [0.25, 0.3) is 0 Å². The molecule has 2 N–H and O–H groups in total. The highest BCUT2D eigenvalue weighted by Gasteiger charge is 2.70. The first-order chi connectivity index (χ1) is 7.79. The van der Waals surface area contributed by atoms with E-state index in [2.05, 4.69) is 27.7 Å². The Hall–Kier alpha value is -0.340. The lowest BCUT2D eigenvalue weighted by Gasteiger charge is -2.47. The molecule has 0 amide bonds. The Kier molecular flexibility index (Phi) is 2.18. The zero-order chi connectivity index (χ0) is 12.6. The van der Waals surface area contributed by atoms with E-state index in [4.69, 9.17) is 0 Å². The van der Waals surface area contributed by atoms with Gasteiger partial charge < -0.3 is 10.2 Å². The van der Waals surface area contributed by atoms with Gasteiger partial charge in [-0.05, 0) is 47.0 Å². The van der Waals surface area contributed by atoms with Crippen LogP contribution in [0.3, 0.4) is 0 Å². The van der Waals surface area contributed by atoms with Crippen molar-refractivity contribution >= 4 is 0 Å². The zero-order valence-electron chi connectivity index (χ0n) is 11.3. The molecular formula is C15H24O2. The van der Waals surface area contributed by atoms with E-state index in [-0.39, 0.29) is 17.6 Å². The lowest BCUT2D eigenvalue weighted by molar-refractivity contribution is 0.0425. The minimum absolute atomic E-state index is 0.102. The normalized spacial score (nSPS) is 55.6. The Labute approximate surface area is 104 Å². The predicted octanol–water partition coefficient (Wildman–Crippen LogP) is 2.36. The summed E-state index contributed by atoms with van der Waals surface area (Å²) in [5.74, 6) is 1.81. The molecule has 0 spiro atoms. The van der Waals surface area contributed by atoms with Crippen LogP contribution in [0.2, 0.25) is 0 Å². The minimum atomic E-state index is -0.360. The molecule has 3 aliphatic rings. The van der Waals surface area contributed by atoms with Crippen molar-refractivity contribution < 1.29 is 10.2 Å². The van der Waals surface area contributed by atoms with Crippen molar-refractivity contribution in [2.45, 2.75) is 52.7 Å². The van der Waals surface area contributed by atoms with Crippen molar-refractivity contribution in [1.29, 1.82) is 0 Å². The van der Waals surface area contributed by atoms with E-state index in [9.17, 15) is 10.2 Å². The second kappa shape index (κ2) is 3.16. The van der Waals surface area contributed by atoms with Gasteiger partial charge in [-0.1, -0.05) is 33.8 Å². The molecule has 0 aromatic heterocycles. The standard InChI is InChI=1S/C15H24O2/c1-8-5-9(16)6-10-12(17)7-11-13(14(11,2)3)15(8,10)4/h6,8-9,11-13,16-17H,5,7H2,1-4H3/t8-,9-,11-,12+,13+,15+/m1/s1. The molecule has 0 radical (unpaired) electrons. The molecule has 2 saturated carbocycles. The summed E-state index contributed by atoms with van der Waals surface area (Å²) in [6.45, 7) is 9.21. The lowest BCUT2D eigenvalue weighted by atomic mass is 9.58. The molecule has 0 bridgehead atoms. The van der Waals surface area contributed by atoms with Crippen molar-refractivity contribution in [2.75, 3.05) is 0 Å². The molecule has 17 heavy (non-hydrogen) atoms. The molecule has 2 fully saturated rings.